The minimum absolute atomic E-state index is 0.112. The molecule has 1 N–H and O–H groups in total. The van der Waals surface area contributed by atoms with Crippen molar-refractivity contribution in [2.24, 2.45) is 0 Å². The number of aromatic nitrogens is 1. The summed E-state index contributed by atoms with van der Waals surface area (Å²) >= 11 is 1.40. The average molecular weight is 376 g/mol. The zero-order valence-corrected chi connectivity index (χ0v) is 15.0. The van der Waals surface area contributed by atoms with E-state index in [0.717, 1.165) is 5.56 Å². The van der Waals surface area contributed by atoms with Crippen molar-refractivity contribution in [2.45, 2.75) is 11.4 Å². The lowest BCUT2D eigenvalue weighted by molar-refractivity contribution is 0.402. The van der Waals surface area contributed by atoms with E-state index in [-0.39, 0.29) is 11.4 Å². The first-order chi connectivity index (χ1) is 12.1. The van der Waals surface area contributed by atoms with Gasteiger partial charge >= 0.3 is 0 Å². The number of para-hydroxylation sites is 1. The second kappa shape index (κ2) is 7.64. The van der Waals surface area contributed by atoms with Crippen molar-refractivity contribution in [3.05, 3.63) is 65.7 Å². The van der Waals surface area contributed by atoms with Gasteiger partial charge in [0.25, 0.3) is 5.19 Å². The van der Waals surface area contributed by atoms with Gasteiger partial charge in [0.15, 0.2) is 0 Å². The molecule has 0 bridgehead atoms. The lowest BCUT2D eigenvalue weighted by Crippen LogP contribution is -2.23. The van der Waals surface area contributed by atoms with Gasteiger partial charge in [0, 0.05) is 18.1 Å². The van der Waals surface area contributed by atoms with Crippen molar-refractivity contribution in [1.29, 1.82) is 0 Å². The minimum Gasteiger partial charge on any atom is -0.495 e. The number of ether oxygens (including phenoxy) is 2. The standard InChI is InChI=1S/C17H16N2O4S2/c1-22-15-4-2-3-5-16(15)25(20,21)19-12-13-6-8-14(9-7-13)23-17-18-10-11-24-17/h2-11,19H,12H2,1H3. The largest absolute Gasteiger partial charge is 0.495 e. The molecule has 6 nitrogen and oxygen atoms in total. The number of thiazole rings is 1. The summed E-state index contributed by atoms with van der Waals surface area (Å²) in [4.78, 5) is 4.16. The number of methoxy groups -OCH3 is 1. The number of rotatable bonds is 7. The summed E-state index contributed by atoms with van der Waals surface area (Å²) in [5, 5.41) is 2.39. The molecule has 0 radical (unpaired) electrons. The molecule has 0 saturated heterocycles. The van der Waals surface area contributed by atoms with E-state index in [9.17, 15) is 8.42 Å². The number of hydrogen-bond acceptors (Lipinski definition) is 6. The summed E-state index contributed by atoms with van der Waals surface area (Å²) < 4.78 is 38.1. The van der Waals surface area contributed by atoms with Crippen LogP contribution in [0.2, 0.25) is 0 Å². The molecule has 3 aromatic rings. The monoisotopic (exact) mass is 376 g/mol. The van der Waals surface area contributed by atoms with Crippen molar-refractivity contribution in [3.63, 3.8) is 0 Å². The van der Waals surface area contributed by atoms with Crippen LogP contribution in [0.5, 0.6) is 16.7 Å². The van der Waals surface area contributed by atoms with E-state index in [1.807, 2.05) is 5.38 Å². The van der Waals surface area contributed by atoms with E-state index in [1.165, 1.54) is 24.5 Å². The number of hydrogen-bond donors (Lipinski definition) is 1. The Labute approximate surface area is 150 Å². The van der Waals surface area contributed by atoms with Gasteiger partial charge in [-0.25, -0.2) is 18.1 Å². The predicted octanol–water partition coefficient (Wildman–Crippen LogP) is 3.42. The van der Waals surface area contributed by atoms with Crippen LogP contribution >= 0.6 is 11.3 Å². The lowest BCUT2D eigenvalue weighted by atomic mass is 10.2. The Bertz CT molecular complexity index is 924. The smallest absolute Gasteiger partial charge is 0.278 e. The van der Waals surface area contributed by atoms with Gasteiger partial charge in [-0.05, 0) is 29.8 Å². The number of nitrogens with one attached hydrogen (secondary N) is 1. The Morgan fingerprint density at radius 3 is 2.56 bits per heavy atom. The van der Waals surface area contributed by atoms with E-state index >= 15 is 0 Å². The molecule has 0 amide bonds. The Hall–Kier alpha value is -2.42. The fourth-order valence-corrected chi connectivity index (χ4v) is 3.82. The quantitative estimate of drug-likeness (QED) is 0.684. The van der Waals surface area contributed by atoms with Gasteiger partial charge in [-0.3, -0.25) is 0 Å². The molecule has 3 rings (SSSR count). The molecule has 1 aromatic heterocycles. The van der Waals surface area contributed by atoms with Crippen LogP contribution in [0.25, 0.3) is 0 Å². The number of benzene rings is 2. The topological polar surface area (TPSA) is 77.5 Å². The molecule has 0 fully saturated rings. The van der Waals surface area contributed by atoms with Crippen molar-refractivity contribution in [1.82, 2.24) is 9.71 Å². The van der Waals surface area contributed by atoms with Gasteiger partial charge in [-0.1, -0.05) is 35.6 Å². The molecule has 0 spiro atoms. The van der Waals surface area contributed by atoms with Crippen molar-refractivity contribution >= 4 is 21.4 Å². The molecule has 0 atom stereocenters. The predicted molar refractivity (Wildman–Crippen MR) is 95.6 cm³/mol. The van der Waals surface area contributed by atoms with Crippen LogP contribution in [0.1, 0.15) is 5.56 Å². The third kappa shape index (κ3) is 4.36. The average Bonchev–Trinajstić information content (AvgIpc) is 3.14. The van der Waals surface area contributed by atoms with Gasteiger partial charge < -0.3 is 9.47 Å². The summed E-state index contributed by atoms with van der Waals surface area (Å²) in [5.41, 5.74) is 0.810. The molecule has 1 heterocycles. The first kappa shape index (κ1) is 17.4. The number of nitrogens with zero attached hydrogens (tertiary/aromatic N) is 1. The molecule has 130 valence electrons. The van der Waals surface area contributed by atoms with E-state index in [2.05, 4.69) is 9.71 Å². The van der Waals surface area contributed by atoms with Gasteiger partial charge in [0.2, 0.25) is 10.0 Å². The maximum Gasteiger partial charge on any atom is 0.278 e. The molecular weight excluding hydrogens is 360 g/mol. The molecule has 0 aliphatic heterocycles. The third-order valence-electron chi connectivity index (χ3n) is 3.36. The van der Waals surface area contributed by atoms with Crippen molar-refractivity contribution < 1.29 is 17.9 Å². The Morgan fingerprint density at radius 1 is 1.12 bits per heavy atom. The van der Waals surface area contributed by atoms with Crippen LogP contribution in [-0.2, 0) is 16.6 Å². The van der Waals surface area contributed by atoms with E-state index in [1.54, 1.807) is 48.7 Å². The summed E-state index contributed by atoms with van der Waals surface area (Å²) in [5.74, 6) is 0.952. The van der Waals surface area contributed by atoms with Crippen LogP contribution < -0.4 is 14.2 Å². The highest BCUT2D eigenvalue weighted by Gasteiger charge is 2.18. The first-order valence-corrected chi connectivity index (χ1v) is 9.74. The molecule has 0 unspecified atom stereocenters. The van der Waals surface area contributed by atoms with Crippen LogP contribution in [0.15, 0.2) is 65.0 Å². The number of sulfonamides is 1. The SMILES string of the molecule is COc1ccccc1S(=O)(=O)NCc1ccc(Oc2nccs2)cc1. The zero-order chi connectivity index (χ0) is 17.7. The maximum atomic E-state index is 12.4. The highest BCUT2D eigenvalue weighted by molar-refractivity contribution is 7.89. The summed E-state index contributed by atoms with van der Waals surface area (Å²) in [6.45, 7) is 0.165. The molecule has 2 aromatic carbocycles. The Kier molecular flexibility index (Phi) is 5.32. The lowest BCUT2D eigenvalue weighted by Gasteiger charge is -2.10. The van der Waals surface area contributed by atoms with Gasteiger partial charge in [-0.2, -0.15) is 0 Å². The summed E-state index contributed by atoms with van der Waals surface area (Å²) in [6.07, 6.45) is 1.67. The normalized spacial score (nSPS) is 11.2. The Morgan fingerprint density at radius 2 is 1.88 bits per heavy atom. The highest BCUT2D eigenvalue weighted by atomic mass is 32.2. The highest BCUT2D eigenvalue weighted by Crippen LogP contribution is 2.24. The van der Waals surface area contributed by atoms with Crippen molar-refractivity contribution in [3.8, 4) is 16.7 Å². The Balaban J connectivity index is 1.66. The fraction of sp³-hybridized carbons (Fsp3) is 0.118. The molecular formula is C17H16N2O4S2. The van der Waals surface area contributed by atoms with Gasteiger partial charge in [0.05, 0.1) is 7.11 Å². The summed E-state index contributed by atoms with van der Waals surface area (Å²) in [6, 6.07) is 13.6. The molecule has 0 aliphatic carbocycles. The second-order valence-corrected chi connectivity index (χ2v) is 7.61. The molecule has 0 saturated carbocycles. The van der Waals surface area contributed by atoms with Crippen molar-refractivity contribution in [2.75, 3.05) is 7.11 Å². The second-order valence-electron chi connectivity index (χ2n) is 5.02. The fourth-order valence-electron chi connectivity index (χ4n) is 2.13. The van der Waals surface area contributed by atoms with Gasteiger partial charge in [-0.15, -0.1) is 0 Å². The van der Waals surface area contributed by atoms with E-state index in [4.69, 9.17) is 9.47 Å². The molecule has 8 heteroatoms. The zero-order valence-electron chi connectivity index (χ0n) is 13.4. The van der Waals surface area contributed by atoms with Crippen LogP contribution in [-0.4, -0.2) is 20.5 Å². The molecule has 0 aliphatic rings. The van der Waals surface area contributed by atoms with Crippen LogP contribution in [0.4, 0.5) is 0 Å². The van der Waals surface area contributed by atoms with Crippen LogP contribution in [0, 0.1) is 0 Å². The third-order valence-corrected chi connectivity index (χ3v) is 5.45. The van der Waals surface area contributed by atoms with Gasteiger partial charge in [0.1, 0.15) is 16.4 Å². The molecule has 25 heavy (non-hydrogen) atoms. The minimum atomic E-state index is -3.67. The van der Waals surface area contributed by atoms with Crippen LogP contribution in [0.3, 0.4) is 0 Å². The maximum absolute atomic E-state index is 12.4. The van der Waals surface area contributed by atoms with E-state index < -0.39 is 10.0 Å². The van der Waals surface area contributed by atoms with E-state index in [0.29, 0.717) is 16.7 Å². The first-order valence-electron chi connectivity index (χ1n) is 7.37. The summed E-state index contributed by atoms with van der Waals surface area (Å²) in [7, 11) is -2.23.